The van der Waals surface area contributed by atoms with Gasteiger partial charge in [0.1, 0.15) is 0 Å². The van der Waals surface area contributed by atoms with Gasteiger partial charge in [-0.15, -0.1) is 0 Å². The Labute approximate surface area is 82.4 Å². The van der Waals surface area contributed by atoms with Crippen LogP contribution in [-0.4, -0.2) is 34.6 Å². The van der Waals surface area contributed by atoms with Gasteiger partial charge in [0, 0.05) is 25.5 Å². The van der Waals surface area contributed by atoms with Crippen molar-refractivity contribution < 1.29 is 9.90 Å². The van der Waals surface area contributed by atoms with Crippen LogP contribution >= 0.6 is 0 Å². The first kappa shape index (κ1) is 10.4. The molecule has 0 bridgehead atoms. The molecular formula is C9H13N3O2. The van der Waals surface area contributed by atoms with Crippen molar-refractivity contribution in [2.45, 2.75) is 13.3 Å². The second-order valence-corrected chi connectivity index (χ2v) is 3.06. The van der Waals surface area contributed by atoms with Crippen LogP contribution in [0.4, 0.5) is 5.95 Å². The van der Waals surface area contributed by atoms with Gasteiger partial charge in [0.15, 0.2) is 0 Å². The number of anilines is 1. The standard InChI is InChI=1S/C9H13N3O2/c1-7-3-5-10-9(11-7)12(2)6-4-8(13)14/h3,5H,4,6H2,1-2H3,(H,13,14). The van der Waals surface area contributed by atoms with E-state index in [0.717, 1.165) is 5.69 Å². The van der Waals surface area contributed by atoms with E-state index in [0.29, 0.717) is 12.5 Å². The Hall–Kier alpha value is -1.65. The lowest BCUT2D eigenvalue weighted by Crippen LogP contribution is -2.23. The molecule has 76 valence electrons. The molecular weight excluding hydrogens is 182 g/mol. The van der Waals surface area contributed by atoms with Crippen LogP contribution in [0.2, 0.25) is 0 Å². The Kier molecular flexibility index (Phi) is 3.39. The predicted molar refractivity (Wildman–Crippen MR) is 52.3 cm³/mol. The first-order valence-corrected chi connectivity index (χ1v) is 4.32. The number of hydrogen-bond donors (Lipinski definition) is 1. The zero-order chi connectivity index (χ0) is 10.6. The van der Waals surface area contributed by atoms with Gasteiger partial charge < -0.3 is 10.0 Å². The van der Waals surface area contributed by atoms with Crippen LogP contribution < -0.4 is 4.90 Å². The van der Waals surface area contributed by atoms with Gasteiger partial charge in [0.25, 0.3) is 0 Å². The number of hydrogen-bond acceptors (Lipinski definition) is 4. The van der Waals surface area contributed by atoms with Gasteiger partial charge in [-0.3, -0.25) is 4.79 Å². The van der Waals surface area contributed by atoms with Crippen molar-refractivity contribution >= 4 is 11.9 Å². The molecule has 0 aliphatic rings. The number of nitrogens with zero attached hydrogens (tertiary/aromatic N) is 3. The zero-order valence-corrected chi connectivity index (χ0v) is 8.27. The van der Waals surface area contributed by atoms with Crippen LogP contribution in [0.1, 0.15) is 12.1 Å². The molecule has 1 aromatic heterocycles. The number of carbonyl (C=O) groups is 1. The van der Waals surface area contributed by atoms with Crippen LogP contribution in [0.5, 0.6) is 0 Å². The molecule has 1 heterocycles. The highest BCUT2D eigenvalue weighted by molar-refractivity contribution is 5.67. The molecule has 0 amide bonds. The third-order valence-corrected chi connectivity index (χ3v) is 1.78. The summed E-state index contributed by atoms with van der Waals surface area (Å²) in [5, 5.41) is 8.50. The van der Waals surface area contributed by atoms with E-state index in [2.05, 4.69) is 9.97 Å². The second-order valence-electron chi connectivity index (χ2n) is 3.06. The van der Waals surface area contributed by atoms with Gasteiger partial charge in [-0.25, -0.2) is 9.97 Å². The highest BCUT2D eigenvalue weighted by Crippen LogP contribution is 2.04. The maximum Gasteiger partial charge on any atom is 0.305 e. The quantitative estimate of drug-likeness (QED) is 0.765. The molecule has 0 aliphatic heterocycles. The van der Waals surface area contributed by atoms with E-state index in [-0.39, 0.29) is 6.42 Å². The van der Waals surface area contributed by atoms with Crippen molar-refractivity contribution in [3.8, 4) is 0 Å². The van der Waals surface area contributed by atoms with Gasteiger partial charge in [0.2, 0.25) is 5.95 Å². The second kappa shape index (κ2) is 4.55. The van der Waals surface area contributed by atoms with E-state index in [9.17, 15) is 4.79 Å². The van der Waals surface area contributed by atoms with Crippen molar-refractivity contribution in [2.75, 3.05) is 18.5 Å². The van der Waals surface area contributed by atoms with Crippen LogP contribution in [0, 0.1) is 6.92 Å². The van der Waals surface area contributed by atoms with Crippen molar-refractivity contribution in [1.29, 1.82) is 0 Å². The lowest BCUT2D eigenvalue weighted by molar-refractivity contribution is -0.136. The summed E-state index contributed by atoms with van der Waals surface area (Å²) in [5.74, 6) is -0.254. The summed E-state index contributed by atoms with van der Waals surface area (Å²) in [6.07, 6.45) is 1.75. The summed E-state index contributed by atoms with van der Waals surface area (Å²) < 4.78 is 0. The fourth-order valence-corrected chi connectivity index (χ4v) is 0.983. The van der Waals surface area contributed by atoms with Gasteiger partial charge in [-0.2, -0.15) is 0 Å². The topological polar surface area (TPSA) is 66.3 Å². The minimum atomic E-state index is -0.815. The van der Waals surface area contributed by atoms with E-state index in [4.69, 9.17) is 5.11 Å². The Morgan fingerprint density at radius 3 is 2.93 bits per heavy atom. The molecule has 0 atom stereocenters. The molecule has 0 aliphatic carbocycles. The molecule has 0 saturated carbocycles. The molecule has 5 nitrogen and oxygen atoms in total. The number of carboxylic acid groups (broad SMARTS) is 1. The Morgan fingerprint density at radius 1 is 1.64 bits per heavy atom. The van der Waals surface area contributed by atoms with Gasteiger partial charge in [0.05, 0.1) is 6.42 Å². The molecule has 14 heavy (non-hydrogen) atoms. The number of aryl methyl sites for hydroxylation is 1. The first-order chi connectivity index (χ1) is 6.59. The van der Waals surface area contributed by atoms with Crippen LogP contribution in [-0.2, 0) is 4.79 Å². The van der Waals surface area contributed by atoms with Crippen molar-refractivity contribution in [3.63, 3.8) is 0 Å². The predicted octanol–water partition coefficient (Wildman–Crippen LogP) is 0.696. The maximum absolute atomic E-state index is 10.3. The molecule has 0 radical (unpaired) electrons. The number of carboxylic acids is 1. The van der Waals surface area contributed by atoms with Gasteiger partial charge in [-0.1, -0.05) is 0 Å². The fraction of sp³-hybridized carbons (Fsp3) is 0.444. The minimum absolute atomic E-state index is 0.0911. The lowest BCUT2D eigenvalue weighted by Gasteiger charge is -2.15. The molecule has 5 heteroatoms. The summed E-state index contributed by atoms with van der Waals surface area (Å²) in [7, 11) is 1.78. The molecule has 0 unspecified atom stereocenters. The Bertz CT molecular complexity index is 328. The average molecular weight is 195 g/mol. The van der Waals surface area contributed by atoms with Crippen LogP contribution in [0.15, 0.2) is 12.3 Å². The lowest BCUT2D eigenvalue weighted by atomic mass is 10.4. The van der Waals surface area contributed by atoms with E-state index < -0.39 is 5.97 Å². The van der Waals surface area contributed by atoms with Crippen LogP contribution in [0.25, 0.3) is 0 Å². The van der Waals surface area contributed by atoms with E-state index >= 15 is 0 Å². The smallest absolute Gasteiger partial charge is 0.305 e. The molecule has 1 N–H and O–H groups in total. The highest BCUT2D eigenvalue weighted by Gasteiger charge is 2.05. The molecule has 0 aromatic carbocycles. The van der Waals surface area contributed by atoms with Crippen molar-refractivity contribution in [1.82, 2.24) is 9.97 Å². The first-order valence-electron chi connectivity index (χ1n) is 4.32. The minimum Gasteiger partial charge on any atom is -0.481 e. The van der Waals surface area contributed by atoms with Gasteiger partial charge in [-0.05, 0) is 13.0 Å². The van der Waals surface area contributed by atoms with Gasteiger partial charge >= 0.3 is 5.97 Å². The third kappa shape index (κ3) is 3.01. The van der Waals surface area contributed by atoms with E-state index in [1.807, 2.05) is 6.92 Å². The largest absolute Gasteiger partial charge is 0.481 e. The molecule has 1 rings (SSSR count). The van der Waals surface area contributed by atoms with Crippen molar-refractivity contribution in [2.24, 2.45) is 0 Å². The number of aliphatic carboxylic acids is 1. The van der Waals surface area contributed by atoms with Crippen LogP contribution in [0.3, 0.4) is 0 Å². The molecule has 1 aromatic rings. The monoisotopic (exact) mass is 195 g/mol. The summed E-state index contributed by atoms with van der Waals surface area (Å²) in [6.45, 7) is 2.29. The highest BCUT2D eigenvalue weighted by atomic mass is 16.4. The normalized spacial score (nSPS) is 9.86. The van der Waals surface area contributed by atoms with E-state index in [1.54, 1.807) is 24.2 Å². The number of rotatable bonds is 4. The number of aromatic nitrogens is 2. The molecule has 0 saturated heterocycles. The SMILES string of the molecule is Cc1ccnc(N(C)CCC(=O)O)n1. The third-order valence-electron chi connectivity index (χ3n) is 1.78. The summed E-state index contributed by atoms with van der Waals surface area (Å²) in [5.41, 5.74) is 0.872. The summed E-state index contributed by atoms with van der Waals surface area (Å²) in [6, 6.07) is 1.80. The maximum atomic E-state index is 10.3. The van der Waals surface area contributed by atoms with Crippen molar-refractivity contribution in [3.05, 3.63) is 18.0 Å². The molecule has 0 spiro atoms. The van der Waals surface area contributed by atoms with E-state index in [1.165, 1.54) is 0 Å². The Morgan fingerprint density at radius 2 is 2.36 bits per heavy atom. The summed E-state index contributed by atoms with van der Waals surface area (Å²) >= 11 is 0. The Balaban J connectivity index is 2.60. The fourth-order valence-electron chi connectivity index (χ4n) is 0.983. The average Bonchev–Trinajstić information content (AvgIpc) is 2.14. The molecule has 0 fully saturated rings. The summed E-state index contributed by atoms with van der Waals surface area (Å²) in [4.78, 5) is 20.3. The zero-order valence-electron chi connectivity index (χ0n) is 8.27.